The number of benzene rings is 2. The van der Waals surface area contributed by atoms with Gasteiger partial charge < -0.3 is 29.4 Å². The van der Waals surface area contributed by atoms with E-state index in [1.807, 2.05) is 25.1 Å². The number of Topliss-reactive ketones (excluding diaryl/α,β-unsaturated/α-hetero) is 1. The van der Waals surface area contributed by atoms with E-state index in [9.17, 15) is 20.1 Å². The van der Waals surface area contributed by atoms with Gasteiger partial charge in [-0.15, -0.1) is 0 Å². The molecule has 0 saturated carbocycles. The Morgan fingerprint density at radius 2 is 1.75 bits per heavy atom. The van der Waals surface area contributed by atoms with Crippen molar-refractivity contribution in [3.05, 3.63) is 52.9 Å². The van der Waals surface area contributed by atoms with Crippen LogP contribution in [-0.4, -0.2) is 88.5 Å². The minimum Gasteiger partial charge on any atom is -0.508 e. The van der Waals surface area contributed by atoms with Crippen molar-refractivity contribution in [2.75, 3.05) is 53.0 Å². The zero-order valence-corrected chi connectivity index (χ0v) is 20.5. The van der Waals surface area contributed by atoms with Gasteiger partial charge in [0.2, 0.25) is 5.78 Å². The molecule has 9 heteroatoms. The molecule has 1 aromatic heterocycles. The number of aliphatic hydroxyl groups is 1. The Bertz CT molecular complexity index is 1340. The number of rotatable bonds is 7. The summed E-state index contributed by atoms with van der Waals surface area (Å²) in [5.74, 6) is 0.0440. The van der Waals surface area contributed by atoms with Crippen LogP contribution in [0.15, 0.2) is 36.1 Å². The van der Waals surface area contributed by atoms with E-state index in [2.05, 4.69) is 14.4 Å². The van der Waals surface area contributed by atoms with Crippen LogP contribution in [0.2, 0.25) is 0 Å². The second-order valence-corrected chi connectivity index (χ2v) is 9.22. The Hall–Kier alpha value is -3.53. The van der Waals surface area contributed by atoms with E-state index in [0.717, 1.165) is 74.0 Å². The van der Waals surface area contributed by atoms with Crippen LogP contribution in [0, 0.1) is 6.92 Å². The van der Waals surface area contributed by atoms with E-state index < -0.39 is 5.78 Å². The van der Waals surface area contributed by atoms with E-state index in [1.165, 1.54) is 6.07 Å². The highest BCUT2D eigenvalue weighted by Crippen LogP contribution is 2.41. The number of carbonyl (C=O) groups excluding carboxylic acids is 1. The maximum atomic E-state index is 13.0. The maximum absolute atomic E-state index is 13.0. The summed E-state index contributed by atoms with van der Waals surface area (Å²) in [7, 11) is 1.62. The average molecular weight is 494 g/mol. The molecule has 9 nitrogen and oxygen atoms in total. The minimum atomic E-state index is -0.425. The van der Waals surface area contributed by atoms with Gasteiger partial charge in [-0.2, -0.15) is 0 Å². The normalized spacial score (nSPS) is 17.6. The first kappa shape index (κ1) is 24.2. The van der Waals surface area contributed by atoms with Gasteiger partial charge >= 0.3 is 0 Å². The molecule has 1 fully saturated rings. The van der Waals surface area contributed by atoms with Gasteiger partial charge in [0.1, 0.15) is 28.6 Å². The molecule has 3 heterocycles. The predicted molar refractivity (Wildman–Crippen MR) is 136 cm³/mol. The Labute approximate surface area is 209 Å². The first-order valence-corrected chi connectivity index (χ1v) is 12.1. The fourth-order valence-electron chi connectivity index (χ4n) is 5.11. The lowest BCUT2D eigenvalue weighted by molar-refractivity contribution is 0.101. The number of β-amino-alcohol motifs (C(OH)–C–C–N with tert-alkyl or cyclic N) is 1. The van der Waals surface area contributed by atoms with E-state index in [0.29, 0.717) is 5.75 Å². The van der Waals surface area contributed by atoms with E-state index in [4.69, 9.17) is 9.47 Å². The monoisotopic (exact) mass is 493 g/mol. The number of ketones is 1. The Morgan fingerprint density at radius 3 is 2.44 bits per heavy atom. The first-order chi connectivity index (χ1) is 17.4. The van der Waals surface area contributed by atoms with Crippen molar-refractivity contribution in [2.45, 2.75) is 13.5 Å². The van der Waals surface area contributed by atoms with Gasteiger partial charge in [0.05, 0.1) is 13.7 Å². The Morgan fingerprint density at radius 1 is 1.03 bits per heavy atom. The number of hydrogen-bond donors (Lipinski definition) is 3. The molecule has 2 aromatic carbocycles. The standard InChI is InChI=1S/C27H31N3O6/c1-17-20(16-25-27(34)26-23(33)13-18(32)14-24(26)36-25)21-15-19(35-2)3-4-22(21)30(17)10-9-28-5-7-29(8-6-28)11-12-31/h3-4,13-16,31-33H,5-12H2,1-2H3. The van der Waals surface area contributed by atoms with Crippen LogP contribution in [0.3, 0.4) is 0 Å². The number of allylic oxidation sites excluding steroid dienone is 1. The van der Waals surface area contributed by atoms with E-state index >= 15 is 0 Å². The van der Waals surface area contributed by atoms with Gasteiger partial charge in [0.15, 0.2) is 5.76 Å². The topological polar surface area (TPSA) is 108 Å². The van der Waals surface area contributed by atoms with Crippen LogP contribution in [0.5, 0.6) is 23.0 Å². The third-order valence-corrected chi connectivity index (χ3v) is 7.11. The summed E-state index contributed by atoms with van der Waals surface area (Å²) in [6.45, 7) is 8.40. The van der Waals surface area contributed by atoms with Crippen molar-refractivity contribution in [1.29, 1.82) is 0 Å². The lowest BCUT2D eigenvalue weighted by Gasteiger charge is -2.34. The maximum Gasteiger partial charge on any atom is 0.235 e. The number of aliphatic hydroxyl groups excluding tert-OH is 1. The van der Waals surface area contributed by atoms with Gasteiger partial charge in [-0.05, 0) is 31.2 Å². The Balaban J connectivity index is 1.46. The van der Waals surface area contributed by atoms with Crippen LogP contribution in [0.1, 0.15) is 21.6 Å². The third kappa shape index (κ3) is 4.41. The number of nitrogens with zero attached hydrogens (tertiary/aromatic N) is 3. The summed E-state index contributed by atoms with van der Waals surface area (Å²) >= 11 is 0. The molecule has 0 unspecified atom stereocenters. The smallest absolute Gasteiger partial charge is 0.235 e. The number of aromatic hydroxyl groups is 2. The van der Waals surface area contributed by atoms with Crippen LogP contribution in [0.4, 0.5) is 0 Å². The molecule has 3 N–H and O–H groups in total. The van der Waals surface area contributed by atoms with Crippen molar-refractivity contribution in [3.8, 4) is 23.0 Å². The second-order valence-electron chi connectivity index (χ2n) is 9.22. The number of methoxy groups -OCH3 is 1. The number of hydrogen-bond acceptors (Lipinski definition) is 8. The molecule has 190 valence electrons. The fourth-order valence-corrected chi connectivity index (χ4v) is 5.11. The summed E-state index contributed by atoms with van der Waals surface area (Å²) in [4.78, 5) is 17.7. The molecule has 3 aromatic rings. The number of phenols is 2. The van der Waals surface area contributed by atoms with Crippen molar-refractivity contribution >= 4 is 22.8 Å². The zero-order chi connectivity index (χ0) is 25.4. The van der Waals surface area contributed by atoms with Crippen molar-refractivity contribution in [3.63, 3.8) is 0 Å². The molecule has 0 atom stereocenters. The molecule has 36 heavy (non-hydrogen) atoms. The second kappa shape index (κ2) is 9.85. The molecule has 5 rings (SSSR count). The molecule has 2 aliphatic rings. The summed E-state index contributed by atoms with van der Waals surface area (Å²) < 4.78 is 13.5. The summed E-state index contributed by atoms with van der Waals surface area (Å²) in [6.07, 6.45) is 1.71. The number of carbonyl (C=O) groups is 1. The summed E-state index contributed by atoms with van der Waals surface area (Å²) in [5.41, 5.74) is 2.92. The van der Waals surface area contributed by atoms with Crippen molar-refractivity contribution in [1.82, 2.24) is 14.4 Å². The number of fused-ring (bicyclic) bond motifs is 2. The van der Waals surface area contributed by atoms with E-state index in [-0.39, 0.29) is 35.2 Å². The largest absolute Gasteiger partial charge is 0.508 e. The number of phenolic OH excluding ortho intramolecular Hbond substituents is 2. The molecular weight excluding hydrogens is 462 g/mol. The number of piperazine rings is 1. The molecule has 0 bridgehead atoms. The highest BCUT2D eigenvalue weighted by Gasteiger charge is 2.32. The van der Waals surface area contributed by atoms with Crippen molar-refractivity contribution in [2.24, 2.45) is 0 Å². The van der Waals surface area contributed by atoms with Crippen LogP contribution < -0.4 is 9.47 Å². The van der Waals surface area contributed by atoms with Gasteiger partial charge in [0.25, 0.3) is 0 Å². The lowest BCUT2D eigenvalue weighted by Crippen LogP contribution is -2.47. The van der Waals surface area contributed by atoms with Crippen LogP contribution in [0.25, 0.3) is 17.0 Å². The molecule has 0 aliphatic carbocycles. The van der Waals surface area contributed by atoms with E-state index in [1.54, 1.807) is 13.2 Å². The lowest BCUT2D eigenvalue weighted by atomic mass is 10.1. The van der Waals surface area contributed by atoms with Crippen molar-refractivity contribution < 1.29 is 29.6 Å². The van der Waals surface area contributed by atoms with Gasteiger partial charge in [-0.3, -0.25) is 14.6 Å². The number of aromatic nitrogens is 1. The third-order valence-electron chi connectivity index (χ3n) is 7.11. The van der Waals surface area contributed by atoms with Crippen LogP contribution in [-0.2, 0) is 6.54 Å². The zero-order valence-electron chi connectivity index (χ0n) is 20.5. The predicted octanol–water partition coefficient (Wildman–Crippen LogP) is 2.60. The Kier molecular flexibility index (Phi) is 6.61. The SMILES string of the molecule is COc1ccc2c(c1)c(C=C1Oc3cc(O)cc(O)c3C1=O)c(C)n2CCN1CCN(CCO)CC1. The molecule has 1 saturated heterocycles. The molecular formula is C27H31N3O6. The molecule has 0 amide bonds. The average Bonchev–Trinajstić information content (AvgIpc) is 3.31. The van der Waals surface area contributed by atoms with Gasteiger partial charge in [-0.25, -0.2) is 0 Å². The molecule has 0 radical (unpaired) electrons. The fraction of sp³-hybridized carbons (Fsp3) is 0.370. The highest BCUT2D eigenvalue weighted by atomic mass is 16.5. The van der Waals surface area contributed by atoms with Gasteiger partial charge in [-0.1, -0.05) is 0 Å². The van der Waals surface area contributed by atoms with Crippen LogP contribution >= 0.6 is 0 Å². The quantitative estimate of drug-likeness (QED) is 0.431. The molecule has 0 spiro atoms. The molecule has 2 aliphatic heterocycles. The summed E-state index contributed by atoms with van der Waals surface area (Å²) in [5, 5.41) is 30.1. The minimum absolute atomic E-state index is 0.0540. The van der Waals surface area contributed by atoms with Gasteiger partial charge in [0, 0.05) is 80.1 Å². The highest BCUT2D eigenvalue weighted by molar-refractivity contribution is 6.17. The summed E-state index contributed by atoms with van der Waals surface area (Å²) in [6, 6.07) is 8.37. The first-order valence-electron chi connectivity index (χ1n) is 12.1. The number of ether oxygens (including phenoxy) is 2.